The van der Waals surface area contributed by atoms with Crippen molar-refractivity contribution >= 4 is 18.0 Å². The first-order valence-corrected chi connectivity index (χ1v) is 7.87. The van der Waals surface area contributed by atoms with E-state index in [1.54, 1.807) is 0 Å². The number of likely N-dealkylation sites (N-methyl/N-ethyl adjacent to an activating group) is 1. The molecule has 0 aliphatic heterocycles. The molecule has 0 aromatic carbocycles. The van der Waals surface area contributed by atoms with Crippen LogP contribution in [0.4, 0.5) is 13.2 Å². The predicted octanol–water partition coefficient (Wildman–Crippen LogP) is 0.463. The fourth-order valence-electron chi connectivity index (χ4n) is 2.92. The van der Waals surface area contributed by atoms with Gasteiger partial charge in [-0.2, -0.15) is 18.3 Å². The fourth-order valence-corrected chi connectivity index (χ4v) is 2.92. The summed E-state index contributed by atoms with van der Waals surface area (Å²) in [7, 11) is 1.38. The topological polar surface area (TPSA) is 126 Å². The zero-order chi connectivity index (χ0) is 19.5. The number of nitrogens with two attached hydrogens (primary N) is 1. The van der Waals surface area contributed by atoms with Gasteiger partial charge in [0.1, 0.15) is 12.2 Å². The van der Waals surface area contributed by atoms with Crippen LogP contribution < -0.4 is 16.4 Å². The monoisotopic (exact) mass is 372 g/mol. The van der Waals surface area contributed by atoms with Crippen LogP contribution in [-0.2, 0) is 35.2 Å². The van der Waals surface area contributed by atoms with Gasteiger partial charge >= 0.3 is 6.18 Å². The van der Waals surface area contributed by atoms with Gasteiger partial charge in [-0.15, -0.1) is 0 Å². The Kier molecular flexibility index (Phi) is 5.68. The molecule has 0 unspecified atom stereocenters. The van der Waals surface area contributed by atoms with Gasteiger partial charge < -0.3 is 21.8 Å². The van der Waals surface area contributed by atoms with Crippen LogP contribution in [0.5, 0.6) is 0 Å². The highest BCUT2D eigenvalue weighted by molar-refractivity contribution is 5.99. The molecular weight excluding hydrogens is 353 g/mol. The summed E-state index contributed by atoms with van der Waals surface area (Å²) in [4.78, 5) is 23.5. The van der Waals surface area contributed by atoms with Crippen LogP contribution in [-0.4, -0.2) is 34.9 Å². The molecule has 1 aromatic heterocycles. The number of halogens is 3. The van der Waals surface area contributed by atoms with Crippen molar-refractivity contribution in [2.24, 2.45) is 5.73 Å². The van der Waals surface area contributed by atoms with Crippen molar-refractivity contribution in [3.63, 3.8) is 0 Å². The Morgan fingerprint density at radius 1 is 1.35 bits per heavy atom. The number of fused-ring (bicyclic) bond motifs is 1. The van der Waals surface area contributed by atoms with Gasteiger partial charge in [-0.05, 0) is 25.7 Å². The number of allylic oxidation sites excluding steroid dienone is 1. The maximum Gasteiger partial charge on any atom is 0.435 e. The van der Waals surface area contributed by atoms with Crippen LogP contribution in [0, 0.1) is 5.41 Å². The highest BCUT2D eigenvalue weighted by atomic mass is 19.4. The number of hydrogen-bond acceptors (Lipinski definition) is 5. The number of amides is 2. The van der Waals surface area contributed by atoms with Gasteiger partial charge in [0.15, 0.2) is 5.69 Å². The van der Waals surface area contributed by atoms with Gasteiger partial charge in [0.05, 0.1) is 5.70 Å². The Bertz CT molecular complexity index is 766. The first-order chi connectivity index (χ1) is 12.2. The third kappa shape index (κ3) is 4.03. The molecule has 26 heavy (non-hydrogen) atoms. The summed E-state index contributed by atoms with van der Waals surface area (Å²) in [6.07, 6.45) is -1.85. The lowest BCUT2D eigenvalue weighted by atomic mass is 9.95. The van der Waals surface area contributed by atoms with Gasteiger partial charge in [-0.25, -0.2) is 0 Å². The van der Waals surface area contributed by atoms with Crippen molar-refractivity contribution in [3.8, 4) is 0 Å². The zero-order valence-corrected chi connectivity index (χ0v) is 14.0. The zero-order valence-electron chi connectivity index (χ0n) is 14.0. The molecule has 8 nitrogen and oxygen atoms in total. The van der Waals surface area contributed by atoms with Gasteiger partial charge in [-0.3, -0.25) is 14.3 Å². The second-order valence-corrected chi connectivity index (χ2v) is 5.73. The van der Waals surface area contributed by atoms with Crippen LogP contribution in [0.3, 0.4) is 0 Å². The molecule has 0 saturated carbocycles. The first kappa shape index (κ1) is 19.5. The van der Waals surface area contributed by atoms with Crippen molar-refractivity contribution in [1.29, 1.82) is 5.41 Å². The number of carbonyl (C=O) groups excluding carboxylic acids is 2. The summed E-state index contributed by atoms with van der Waals surface area (Å²) < 4.78 is 40.5. The van der Waals surface area contributed by atoms with Gasteiger partial charge in [0.25, 0.3) is 5.91 Å². The number of carbonyl (C=O) groups is 2. The van der Waals surface area contributed by atoms with E-state index >= 15 is 0 Å². The smallest absolute Gasteiger partial charge is 0.382 e. The van der Waals surface area contributed by atoms with Crippen molar-refractivity contribution in [3.05, 3.63) is 28.3 Å². The molecule has 0 atom stereocenters. The van der Waals surface area contributed by atoms with Crippen LogP contribution in [0.1, 0.15) is 29.8 Å². The molecule has 2 rings (SSSR count). The Morgan fingerprint density at radius 3 is 2.54 bits per heavy atom. The second kappa shape index (κ2) is 7.58. The first-order valence-electron chi connectivity index (χ1n) is 7.87. The predicted molar refractivity (Wildman–Crippen MR) is 86.1 cm³/mol. The summed E-state index contributed by atoms with van der Waals surface area (Å²) in [5.74, 6) is -1.61. The van der Waals surface area contributed by atoms with Crippen molar-refractivity contribution in [1.82, 2.24) is 20.4 Å². The minimum atomic E-state index is -4.59. The molecule has 11 heteroatoms. The average Bonchev–Trinajstić information content (AvgIpc) is 2.93. The van der Waals surface area contributed by atoms with Crippen LogP contribution >= 0.6 is 0 Å². The van der Waals surface area contributed by atoms with Crippen molar-refractivity contribution < 1.29 is 22.8 Å². The van der Waals surface area contributed by atoms with E-state index in [9.17, 15) is 22.8 Å². The third-order valence-electron chi connectivity index (χ3n) is 4.00. The molecular formula is C15H19F3N6O2. The minimum Gasteiger partial charge on any atom is -0.382 e. The molecule has 0 fully saturated rings. The van der Waals surface area contributed by atoms with E-state index in [1.807, 2.05) is 0 Å². The number of alkyl halides is 3. The molecule has 0 bridgehead atoms. The molecule has 1 aliphatic rings. The van der Waals surface area contributed by atoms with Crippen LogP contribution in [0.25, 0.3) is 0 Å². The number of nitrogens with one attached hydrogen (secondary N) is 3. The van der Waals surface area contributed by atoms with E-state index in [0.717, 1.165) is 11.1 Å². The summed E-state index contributed by atoms with van der Waals surface area (Å²) in [6, 6.07) is 0. The lowest BCUT2D eigenvalue weighted by Gasteiger charge is -2.15. The maximum atomic E-state index is 13.2. The van der Waals surface area contributed by atoms with Gasteiger partial charge in [0, 0.05) is 24.5 Å². The molecule has 142 valence electrons. The lowest BCUT2D eigenvalue weighted by molar-refractivity contribution is -0.142. The molecule has 1 aliphatic carbocycles. The number of aromatic nitrogens is 2. The Hall–Kier alpha value is -2.85. The van der Waals surface area contributed by atoms with Crippen LogP contribution in [0.15, 0.2) is 11.4 Å². The fraction of sp³-hybridized carbons (Fsp3) is 0.467. The number of nitrogens with zero attached hydrogens (tertiary/aromatic N) is 2. The summed E-state index contributed by atoms with van der Waals surface area (Å²) in [6.45, 7) is -0.467. The number of hydrogen-bond donors (Lipinski definition) is 4. The lowest BCUT2D eigenvalue weighted by Crippen LogP contribution is -2.35. The van der Waals surface area contributed by atoms with E-state index < -0.39 is 30.2 Å². The van der Waals surface area contributed by atoms with Crippen molar-refractivity contribution in [2.45, 2.75) is 38.4 Å². The van der Waals surface area contributed by atoms with Gasteiger partial charge in [-0.1, -0.05) is 0 Å². The summed E-state index contributed by atoms with van der Waals surface area (Å²) >= 11 is 0. The Labute approximate surface area is 147 Å². The minimum absolute atomic E-state index is 0.132. The highest BCUT2D eigenvalue weighted by Gasteiger charge is 2.39. The largest absolute Gasteiger partial charge is 0.435 e. The molecule has 0 radical (unpaired) electrons. The molecule has 0 saturated heterocycles. The van der Waals surface area contributed by atoms with E-state index in [2.05, 4.69) is 15.7 Å². The van der Waals surface area contributed by atoms with Gasteiger partial charge in [0.2, 0.25) is 5.91 Å². The maximum absolute atomic E-state index is 13.2. The quantitative estimate of drug-likeness (QED) is 0.428. The summed E-state index contributed by atoms with van der Waals surface area (Å²) in [5.41, 5.74) is 4.33. The highest BCUT2D eigenvalue weighted by Crippen LogP contribution is 2.35. The van der Waals surface area contributed by atoms with E-state index in [-0.39, 0.29) is 23.4 Å². The molecule has 1 heterocycles. The Balaban J connectivity index is 2.28. The summed E-state index contributed by atoms with van der Waals surface area (Å²) in [5, 5.41) is 15.6. The van der Waals surface area contributed by atoms with E-state index in [1.165, 1.54) is 7.05 Å². The van der Waals surface area contributed by atoms with E-state index in [0.29, 0.717) is 24.8 Å². The third-order valence-corrected chi connectivity index (χ3v) is 4.00. The molecule has 0 spiro atoms. The molecule has 1 aromatic rings. The van der Waals surface area contributed by atoms with E-state index in [4.69, 9.17) is 11.1 Å². The number of primary amides is 1. The molecule has 2 amide bonds. The Morgan fingerprint density at radius 2 is 2.00 bits per heavy atom. The van der Waals surface area contributed by atoms with Crippen LogP contribution in [0.2, 0.25) is 0 Å². The standard InChI is InChI=1S/C15H19F3N6O2/c1-21-12(14(20)26)9(6-19)22-11(25)7-24-10-5-3-2-4-8(10)13(23-24)15(16,17)18/h6,19,21H,2-5,7H2,1H3,(H2,20,26)(H,22,25)/b12-9+,19-6?. The number of rotatable bonds is 6. The van der Waals surface area contributed by atoms with Crippen molar-refractivity contribution in [2.75, 3.05) is 7.05 Å². The average molecular weight is 372 g/mol. The SMILES string of the molecule is CN/C(C(N)=O)=C(\C=N)NC(=O)Cn1nc(C(F)(F)F)c2c1CCCC2. The second-order valence-electron chi connectivity index (χ2n) is 5.73. The normalized spacial score (nSPS) is 14.9. The molecule has 5 N–H and O–H groups in total.